The summed E-state index contributed by atoms with van der Waals surface area (Å²) in [4.78, 5) is 0. The molecule has 1 aromatic carbocycles. The van der Waals surface area contributed by atoms with Gasteiger partial charge in [0.15, 0.2) is 0 Å². The Hall–Kier alpha value is -0.600. The van der Waals surface area contributed by atoms with Crippen LogP contribution in [0.4, 0.5) is 4.39 Å². The third-order valence-corrected chi connectivity index (χ3v) is 3.21. The van der Waals surface area contributed by atoms with Crippen molar-refractivity contribution in [2.24, 2.45) is 5.41 Å². The molecule has 1 N–H and O–H groups in total. The Morgan fingerprint density at radius 3 is 2.87 bits per heavy atom. The number of halogens is 2. The van der Waals surface area contributed by atoms with E-state index in [-0.39, 0.29) is 5.82 Å². The highest BCUT2D eigenvalue weighted by Crippen LogP contribution is 2.44. The minimum atomic E-state index is -0.187. The number of benzene rings is 1. The number of hydrogen-bond donors (Lipinski definition) is 1. The van der Waals surface area contributed by atoms with E-state index in [0.717, 1.165) is 6.54 Å². The third-order valence-electron chi connectivity index (χ3n) is 2.98. The van der Waals surface area contributed by atoms with Gasteiger partial charge in [0.2, 0.25) is 0 Å². The van der Waals surface area contributed by atoms with Gasteiger partial charge < -0.3 is 5.32 Å². The monoisotopic (exact) mass is 227 g/mol. The topological polar surface area (TPSA) is 12.0 Å². The lowest BCUT2D eigenvalue weighted by Crippen LogP contribution is -2.22. The van der Waals surface area contributed by atoms with Crippen LogP contribution in [0.15, 0.2) is 18.2 Å². The van der Waals surface area contributed by atoms with Gasteiger partial charge in [-0.15, -0.1) is 0 Å². The van der Waals surface area contributed by atoms with Crippen molar-refractivity contribution in [2.75, 3.05) is 6.54 Å². The van der Waals surface area contributed by atoms with Crippen LogP contribution in [0.5, 0.6) is 0 Å². The van der Waals surface area contributed by atoms with E-state index in [1.165, 1.54) is 18.9 Å². The minimum absolute atomic E-state index is 0.187. The molecule has 0 amide bonds. The molecule has 0 radical (unpaired) electrons. The predicted octanol–water partition coefficient (Wildman–Crippen LogP) is 3.37. The Labute approximate surface area is 94.6 Å². The van der Waals surface area contributed by atoms with Crippen LogP contribution >= 0.6 is 11.6 Å². The molecule has 1 aliphatic carbocycles. The van der Waals surface area contributed by atoms with Crippen LogP contribution in [0.3, 0.4) is 0 Å². The van der Waals surface area contributed by atoms with Gasteiger partial charge in [-0.05, 0) is 36.5 Å². The first-order chi connectivity index (χ1) is 7.09. The SMILES string of the molecule is CC1(CNCc2cc(Cl)ccc2F)CC1. The van der Waals surface area contributed by atoms with Crippen LogP contribution in [0.25, 0.3) is 0 Å². The zero-order chi connectivity index (χ0) is 10.9. The van der Waals surface area contributed by atoms with Crippen molar-refractivity contribution in [3.8, 4) is 0 Å². The molecule has 0 unspecified atom stereocenters. The summed E-state index contributed by atoms with van der Waals surface area (Å²) in [6, 6.07) is 4.67. The Morgan fingerprint density at radius 1 is 1.47 bits per heavy atom. The Kier molecular flexibility index (Phi) is 2.98. The van der Waals surface area contributed by atoms with E-state index in [4.69, 9.17) is 11.6 Å². The van der Waals surface area contributed by atoms with Crippen LogP contribution in [-0.2, 0) is 6.54 Å². The molecule has 0 bridgehead atoms. The van der Waals surface area contributed by atoms with Crippen molar-refractivity contribution in [3.05, 3.63) is 34.6 Å². The average Bonchev–Trinajstić information content (AvgIpc) is 2.90. The summed E-state index contributed by atoms with van der Waals surface area (Å²) in [6.07, 6.45) is 2.55. The van der Waals surface area contributed by atoms with Crippen LogP contribution in [-0.4, -0.2) is 6.54 Å². The highest BCUT2D eigenvalue weighted by molar-refractivity contribution is 6.30. The lowest BCUT2D eigenvalue weighted by molar-refractivity contribution is 0.491. The van der Waals surface area contributed by atoms with Crippen LogP contribution in [0, 0.1) is 11.2 Å². The molecular formula is C12H15ClFN. The van der Waals surface area contributed by atoms with Gasteiger partial charge in [0, 0.05) is 23.7 Å². The molecular weight excluding hydrogens is 213 g/mol. The third kappa shape index (κ3) is 2.93. The average molecular weight is 228 g/mol. The largest absolute Gasteiger partial charge is 0.312 e. The van der Waals surface area contributed by atoms with Gasteiger partial charge in [-0.3, -0.25) is 0 Å². The molecule has 1 aliphatic rings. The fourth-order valence-corrected chi connectivity index (χ4v) is 1.76. The van der Waals surface area contributed by atoms with Crippen molar-refractivity contribution < 1.29 is 4.39 Å². The van der Waals surface area contributed by atoms with Crippen molar-refractivity contribution in [3.63, 3.8) is 0 Å². The summed E-state index contributed by atoms with van der Waals surface area (Å²) < 4.78 is 13.3. The molecule has 1 aromatic rings. The second-order valence-corrected chi connectivity index (χ2v) is 5.09. The van der Waals surface area contributed by atoms with Gasteiger partial charge in [0.25, 0.3) is 0 Å². The summed E-state index contributed by atoms with van der Waals surface area (Å²) in [6.45, 7) is 3.76. The Balaban J connectivity index is 1.89. The molecule has 0 aliphatic heterocycles. The van der Waals surface area contributed by atoms with E-state index in [0.29, 0.717) is 22.5 Å². The first kappa shape index (κ1) is 10.9. The molecule has 1 fully saturated rings. The zero-order valence-electron chi connectivity index (χ0n) is 8.82. The minimum Gasteiger partial charge on any atom is -0.312 e. The molecule has 0 heterocycles. The van der Waals surface area contributed by atoms with Gasteiger partial charge in [-0.2, -0.15) is 0 Å². The highest BCUT2D eigenvalue weighted by Gasteiger charge is 2.36. The van der Waals surface area contributed by atoms with Gasteiger partial charge in [0.05, 0.1) is 0 Å². The molecule has 0 atom stereocenters. The molecule has 2 rings (SSSR count). The van der Waals surface area contributed by atoms with Crippen molar-refractivity contribution >= 4 is 11.6 Å². The first-order valence-corrected chi connectivity index (χ1v) is 5.62. The molecule has 0 spiro atoms. The van der Waals surface area contributed by atoms with Gasteiger partial charge in [-0.1, -0.05) is 18.5 Å². The summed E-state index contributed by atoms with van der Waals surface area (Å²) in [7, 11) is 0. The van der Waals surface area contributed by atoms with E-state index in [2.05, 4.69) is 12.2 Å². The molecule has 0 saturated heterocycles. The molecule has 15 heavy (non-hydrogen) atoms. The zero-order valence-corrected chi connectivity index (χ0v) is 9.57. The van der Waals surface area contributed by atoms with Crippen LogP contribution < -0.4 is 5.32 Å². The maximum absolute atomic E-state index is 13.3. The van der Waals surface area contributed by atoms with E-state index in [9.17, 15) is 4.39 Å². The second kappa shape index (κ2) is 4.11. The predicted molar refractivity (Wildman–Crippen MR) is 60.5 cm³/mol. The molecule has 1 nitrogen and oxygen atoms in total. The smallest absolute Gasteiger partial charge is 0.127 e. The number of nitrogens with one attached hydrogen (secondary N) is 1. The maximum atomic E-state index is 13.3. The summed E-state index contributed by atoms with van der Waals surface area (Å²) in [5.74, 6) is -0.187. The normalized spacial score (nSPS) is 17.8. The lowest BCUT2D eigenvalue weighted by atomic mass is 10.1. The molecule has 1 saturated carbocycles. The van der Waals surface area contributed by atoms with Gasteiger partial charge in [0.1, 0.15) is 5.82 Å². The summed E-state index contributed by atoms with van der Waals surface area (Å²) in [5, 5.41) is 3.86. The highest BCUT2D eigenvalue weighted by atomic mass is 35.5. The van der Waals surface area contributed by atoms with Crippen molar-refractivity contribution in [1.82, 2.24) is 5.32 Å². The van der Waals surface area contributed by atoms with Gasteiger partial charge in [-0.25, -0.2) is 4.39 Å². The fraction of sp³-hybridized carbons (Fsp3) is 0.500. The van der Waals surface area contributed by atoms with Gasteiger partial charge >= 0.3 is 0 Å². The standard InChI is InChI=1S/C12H15ClFN/c1-12(4-5-12)8-15-7-9-6-10(13)2-3-11(9)14/h2-3,6,15H,4-5,7-8H2,1H3. The number of rotatable bonds is 4. The van der Waals surface area contributed by atoms with Crippen LogP contribution in [0.2, 0.25) is 5.02 Å². The van der Waals surface area contributed by atoms with E-state index >= 15 is 0 Å². The summed E-state index contributed by atoms with van der Waals surface area (Å²) >= 11 is 5.80. The first-order valence-electron chi connectivity index (χ1n) is 5.24. The lowest BCUT2D eigenvalue weighted by Gasteiger charge is -2.10. The molecule has 82 valence electrons. The number of hydrogen-bond acceptors (Lipinski definition) is 1. The van der Waals surface area contributed by atoms with E-state index in [1.54, 1.807) is 12.1 Å². The second-order valence-electron chi connectivity index (χ2n) is 4.65. The Morgan fingerprint density at radius 2 is 2.20 bits per heavy atom. The van der Waals surface area contributed by atoms with Crippen molar-refractivity contribution in [2.45, 2.75) is 26.3 Å². The molecule has 0 aromatic heterocycles. The Bertz CT molecular complexity index is 361. The van der Waals surface area contributed by atoms with E-state index < -0.39 is 0 Å². The fourth-order valence-electron chi connectivity index (χ4n) is 1.57. The maximum Gasteiger partial charge on any atom is 0.127 e. The van der Waals surface area contributed by atoms with E-state index in [1.807, 2.05) is 0 Å². The quantitative estimate of drug-likeness (QED) is 0.832. The van der Waals surface area contributed by atoms with Crippen molar-refractivity contribution in [1.29, 1.82) is 0 Å². The molecule has 3 heteroatoms. The summed E-state index contributed by atoms with van der Waals surface area (Å²) in [5.41, 5.74) is 1.10. The van der Waals surface area contributed by atoms with Crippen LogP contribution in [0.1, 0.15) is 25.3 Å².